The highest BCUT2D eigenvalue weighted by Crippen LogP contribution is 2.23. The Kier molecular flexibility index (Phi) is 5.69. The van der Waals surface area contributed by atoms with Gasteiger partial charge in [0.15, 0.2) is 0 Å². The Hall–Kier alpha value is -1.97. The van der Waals surface area contributed by atoms with Crippen molar-refractivity contribution in [1.82, 2.24) is 14.7 Å². The molecule has 0 radical (unpaired) electrons. The zero-order valence-electron chi connectivity index (χ0n) is 12.6. The molecule has 0 saturated carbocycles. The molecular weight excluding hydrogens is 372 g/mol. The summed E-state index contributed by atoms with van der Waals surface area (Å²) < 4.78 is 6.46. The van der Waals surface area contributed by atoms with Crippen LogP contribution in [0.3, 0.4) is 0 Å². The second-order valence-electron chi connectivity index (χ2n) is 5.16. The number of ether oxygens (including phenoxy) is 1. The quantitative estimate of drug-likeness (QED) is 0.428. The molecule has 23 heavy (non-hydrogen) atoms. The molecule has 0 bridgehead atoms. The predicted octanol–water partition coefficient (Wildman–Crippen LogP) is 1.36. The topological polar surface area (TPSA) is 108 Å². The average Bonchev–Trinajstić information content (AvgIpc) is 2.88. The number of amides is 1. The molecule has 9 nitrogen and oxygen atoms in total. The first kappa shape index (κ1) is 17.4. The largest absolute Gasteiger partial charge is 0.466 e. The summed E-state index contributed by atoms with van der Waals surface area (Å²) in [5, 5.41) is 14.5. The Morgan fingerprint density at radius 1 is 1.48 bits per heavy atom. The standard InChI is InChI=1S/C13H17BrN4O5/c1-2-23-13(20)9-3-5-16(6-4-9)11(19)8-17-7-10(14)12(15-17)18(21)22/h7,9H,2-6,8H2,1H3. The van der Waals surface area contributed by atoms with Crippen molar-refractivity contribution in [2.24, 2.45) is 5.92 Å². The van der Waals surface area contributed by atoms with Gasteiger partial charge in [-0.05, 0) is 40.6 Å². The van der Waals surface area contributed by atoms with E-state index in [-0.39, 0.29) is 34.6 Å². The molecule has 1 aromatic heterocycles. The van der Waals surface area contributed by atoms with Crippen LogP contribution in [0.5, 0.6) is 0 Å². The zero-order valence-corrected chi connectivity index (χ0v) is 14.2. The number of likely N-dealkylation sites (tertiary alicyclic amines) is 1. The highest BCUT2D eigenvalue weighted by molar-refractivity contribution is 9.10. The molecule has 126 valence electrons. The summed E-state index contributed by atoms with van der Waals surface area (Å²) in [7, 11) is 0. The molecule has 0 N–H and O–H groups in total. The first-order valence-corrected chi connectivity index (χ1v) is 8.03. The highest BCUT2D eigenvalue weighted by Gasteiger charge is 2.29. The summed E-state index contributed by atoms with van der Waals surface area (Å²) in [4.78, 5) is 35.6. The van der Waals surface area contributed by atoms with Crippen LogP contribution in [0.4, 0.5) is 5.82 Å². The summed E-state index contributed by atoms with van der Waals surface area (Å²) in [6.07, 6.45) is 2.53. The summed E-state index contributed by atoms with van der Waals surface area (Å²) >= 11 is 3.04. The minimum absolute atomic E-state index is 0.0729. The fourth-order valence-electron chi connectivity index (χ4n) is 2.45. The number of aromatic nitrogens is 2. The van der Waals surface area contributed by atoms with Crippen LogP contribution in [-0.4, -0.2) is 51.2 Å². The lowest BCUT2D eigenvalue weighted by atomic mass is 9.97. The molecule has 1 aliphatic rings. The van der Waals surface area contributed by atoms with Gasteiger partial charge in [0.1, 0.15) is 11.0 Å². The first-order chi connectivity index (χ1) is 10.9. The Morgan fingerprint density at radius 2 is 2.13 bits per heavy atom. The van der Waals surface area contributed by atoms with Gasteiger partial charge in [0.05, 0.1) is 23.8 Å². The van der Waals surface area contributed by atoms with Crippen molar-refractivity contribution in [2.75, 3.05) is 19.7 Å². The fourth-order valence-corrected chi connectivity index (χ4v) is 2.92. The van der Waals surface area contributed by atoms with Crippen molar-refractivity contribution >= 4 is 33.6 Å². The maximum absolute atomic E-state index is 12.2. The number of rotatable bonds is 5. The van der Waals surface area contributed by atoms with Crippen LogP contribution in [-0.2, 0) is 20.9 Å². The molecule has 2 heterocycles. The van der Waals surface area contributed by atoms with Crippen molar-refractivity contribution in [2.45, 2.75) is 26.3 Å². The third-order valence-electron chi connectivity index (χ3n) is 3.64. The maximum Gasteiger partial charge on any atom is 0.404 e. The third-order valence-corrected chi connectivity index (χ3v) is 4.20. The van der Waals surface area contributed by atoms with Gasteiger partial charge in [0.25, 0.3) is 0 Å². The van der Waals surface area contributed by atoms with Crippen LogP contribution in [0.1, 0.15) is 19.8 Å². The number of nitro groups is 1. The Labute approximate surface area is 140 Å². The summed E-state index contributed by atoms with van der Waals surface area (Å²) in [5.41, 5.74) is 0. The number of hydrogen-bond acceptors (Lipinski definition) is 6. The zero-order chi connectivity index (χ0) is 17.0. The van der Waals surface area contributed by atoms with Crippen molar-refractivity contribution < 1.29 is 19.2 Å². The summed E-state index contributed by atoms with van der Waals surface area (Å²) in [6.45, 7) is 2.97. The van der Waals surface area contributed by atoms with E-state index in [1.165, 1.54) is 10.9 Å². The SMILES string of the molecule is CCOC(=O)C1CCN(C(=O)Cn2cc(Br)c([N+](=O)[O-])n2)CC1. The van der Waals surface area contributed by atoms with Crippen LogP contribution in [0.25, 0.3) is 0 Å². The van der Waals surface area contributed by atoms with Crippen molar-refractivity contribution in [3.8, 4) is 0 Å². The van der Waals surface area contributed by atoms with Crippen LogP contribution >= 0.6 is 15.9 Å². The molecule has 1 aliphatic heterocycles. The smallest absolute Gasteiger partial charge is 0.404 e. The molecule has 10 heteroatoms. The van der Waals surface area contributed by atoms with Gasteiger partial charge in [-0.15, -0.1) is 0 Å². The Morgan fingerprint density at radius 3 is 2.65 bits per heavy atom. The lowest BCUT2D eigenvalue weighted by Gasteiger charge is -2.30. The molecule has 1 amide bonds. The number of carbonyl (C=O) groups is 2. The summed E-state index contributed by atoms with van der Waals surface area (Å²) in [6, 6.07) is 0. The van der Waals surface area contributed by atoms with Crippen LogP contribution < -0.4 is 0 Å². The fraction of sp³-hybridized carbons (Fsp3) is 0.615. The predicted molar refractivity (Wildman–Crippen MR) is 82.5 cm³/mol. The van der Waals surface area contributed by atoms with Crippen molar-refractivity contribution in [1.29, 1.82) is 0 Å². The van der Waals surface area contributed by atoms with Gasteiger partial charge in [-0.2, -0.15) is 4.68 Å². The van der Waals surface area contributed by atoms with Crippen LogP contribution in [0.15, 0.2) is 10.7 Å². The number of halogens is 1. The van der Waals surface area contributed by atoms with Gasteiger partial charge in [0, 0.05) is 13.1 Å². The Balaban J connectivity index is 1.89. The number of piperidine rings is 1. The highest BCUT2D eigenvalue weighted by atomic mass is 79.9. The van der Waals surface area contributed by atoms with E-state index in [1.807, 2.05) is 0 Å². The number of hydrogen-bond donors (Lipinski definition) is 0. The average molecular weight is 389 g/mol. The second-order valence-corrected chi connectivity index (χ2v) is 6.02. The molecule has 0 aliphatic carbocycles. The van der Waals surface area contributed by atoms with Gasteiger partial charge in [-0.3, -0.25) is 9.59 Å². The molecule has 0 atom stereocenters. The van der Waals surface area contributed by atoms with Gasteiger partial charge in [0.2, 0.25) is 5.91 Å². The lowest BCUT2D eigenvalue weighted by Crippen LogP contribution is -2.42. The molecule has 0 spiro atoms. The normalized spacial score (nSPS) is 15.5. The Bertz CT molecular complexity index is 610. The van der Waals surface area contributed by atoms with Crippen LogP contribution in [0, 0.1) is 16.0 Å². The number of esters is 1. The molecule has 1 saturated heterocycles. The molecular formula is C13H17BrN4O5. The monoisotopic (exact) mass is 388 g/mol. The lowest BCUT2D eigenvalue weighted by molar-refractivity contribution is -0.390. The summed E-state index contributed by atoms with van der Waals surface area (Å²) in [5.74, 6) is -0.888. The minimum Gasteiger partial charge on any atom is -0.466 e. The van der Waals surface area contributed by atoms with Gasteiger partial charge >= 0.3 is 11.8 Å². The molecule has 0 aromatic carbocycles. The van der Waals surface area contributed by atoms with Gasteiger partial charge < -0.3 is 19.8 Å². The minimum atomic E-state index is -0.615. The molecule has 0 unspecified atom stereocenters. The second kappa shape index (κ2) is 7.53. The molecule has 1 aromatic rings. The van der Waals surface area contributed by atoms with E-state index in [9.17, 15) is 19.7 Å². The van der Waals surface area contributed by atoms with E-state index in [0.717, 1.165) is 0 Å². The van der Waals surface area contributed by atoms with E-state index in [4.69, 9.17) is 4.74 Å². The number of nitrogens with zero attached hydrogens (tertiary/aromatic N) is 4. The van der Waals surface area contributed by atoms with Crippen molar-refractivity contribution in [3.05, 3.63) is 20.8 Å². The van der Waals surface area contributed by atoms with Gasteiger partial charge in [-0.1, -0.05) is 0 Å². The molecule has 2 rings (SSSR count). The molecule has 1 fully saturated rings. The van der Waals surface area contributed by atoms with E-state index >= 15 is 0 Å². The first-order valence-electron chi connectivity index (χ1n) is 7.24. The third kappa shape index (κ3) is 4.27. The van der Waals surface area contributed by atoms with Crippen LogP contribution in [0.2, 0.25) is 0 Å². The van der Waals surface area contributed by atoms with E-state index in [0.29, 0.717) is 32.5 Å². The number of carbonyl (C=O) groups excluding carboxylic acids is 2. The van der Waals surface area contributed by atoms with E-state index in [1.54, 1.807) is 11.8 Å². The van der Waals surface area contributed by atoms with Gasteiger partial charge in [-0.25, -0.2) is 0 Å². The van der Waals surface area contributed by atoms with E-state index < -0.39 is 4.92 Å². The van der Waals surface area contributed by atoms with E-state index in [2.05, 4.69) is 21.0 Å². The maximum atomic E-state index is 12.2. The van der Waals surface area contributed by atoms with Crippen molar-refractivity contribution in [3.63, 3.8) is 0 Å².